The van der Waals surface area contributed by atoms with Crippen molar-refractivity contribution in [3.05, 3.63) is 22.2 Å². The normalized spacial score (nSPS) is 12.3. The Morgan fingerprint density at radius 2 is 1.75 bits per heavy atom. The second-order valence-corrected chi connectivity index (χ2v) is 4.72. The van der Waals surface area contributed by atoms with Crippen molar-refractivity contribution in [2.75, 3.05) is 14.2 Å². The van der Waals surface area contributed by atoms with E-state index in [9.17, 15) is 0 Å². The number of hydrogen-bond acceptors (Lipinski definition) is 3. The molecule has 1 aromatic carbocycles. The predicted octanol–water partition coefficient (Wildman–Crippen LogP) is 2.75. The maximum absolute atomic E-state index is 5.76. The largest absolute Gasteiger partial charge is 0.496 e. The summed E-state index contributed by atoms with van der Waals surface area (Å²) in [6, 6.07) is 4.07. The number of nitrogens with two attached hydrogens (primary N) is 1. The summed E-state index contributed by atoms with van der Waals surface area (Å²) < 4.78 is 11.7. The lowest BCUT2D eigenvalue weighted by Gasteiger charge is -2.14. The average molecular weight is 288 g/mol. The Kier molecular flexibility index (Phi) is 5.09. The van der Waals surface area contributed by atoms with E-state index in [1.807, 2.05) is 19.1 Å². The van der Waals surface area contributed by atoms with Gasteiger partial charge in [0.05, 0.1) is 14.2 Å². The zero-order valence-corrected chi connectivity index (χ0v) is 11.5. The summed E-state index contributed by atoms with van der Waals surface area (Å²) in [5.74, 6) is 1.68. The Morgan fingerprint density at radius 3 is 2.12 bits per heavy atom. The Bertz CT molecular complexity index is 328. The second kappa shape index (κ2) is 6.11. The standard InChI is InChI=1S/C12H18BrNO2/c1-8(14)4-5-10-11(15-2)6-9(13)7-12(10)16-3/h6-8H,4-5,14H2,1-3H3/t8-/m0/s1. The summed E-state index contributed by atoms with van der Waals surface area (Å²) in [7, 11) is 3.33. The van der Waals surface area contributed by atoms with Crippen LogP contribution in [-0.4, -0.2) is 20.3 Å². The van der Waals surface area contributed by atoms with Crippen molar-refractivity contribution in [1.29, 1.82) is 0 Å². The van der Waals surface area contributed by atoms with Gasteiger partial charge in [-0.1, -0.05) is 15.9 Å². The second-order valence-electron chi connectivity index (χ2n) is 3.80. The highest BCUT2D eigenvalue weighted by molar-refractivity contribution is 9.10. The summed E-state index contributed by atoms with van der Waals surface area (Å²) >= 11 is 3.42. The molecule has 0 heterocycles. The molecule has 0 fully saturated rings. The minimum absolute atomic E-state index is 0.179. The smallest absolute Gasteiger partial charge is 0.126 e. The van der Waals surface area contributed by atoms with E-state index < -0.39 is 0 Å². The Morgan fingerprint density at radius 1 is 1.25 bits per heavy atom. The maximum atomic E-state index is 5.76. The van der Waals surface area contributed by atoms with Crippen molar-refractivity contribution in [2.24, 2.45) is 5.73 Å². The lowest BCUT2D eigenvalue weighted by Crippen LogP contribution is -2.15. The molecule has 0 aromatic heterocycles. The highest BCUT2D eigenvalue weighted by atomic mass is 79.9. The molecule has 16 heavy (non-hydrogen) atoms. The van der Waals surface area contributed by atoms with E-state index in [2.05, 4.69) is 15.9 Å². The van der Waals surface area contributed by atoms with Crippen LogP contribution in [0.5, 0.6) is 11.5 Å². The van der Waals surface area contributed by atoms with Crippen molar-refractivity contribution < 1.29 is 9.47 Å². The van der Waals surface area contributed by atoms with Gasteiger partial charge in [-0.25, -0.2) is 0 Å². The topological polar surface area (TPSA) is 44.5 Å². The number of benzene rings is 1. The lowest BCUT2D eigenvalue weighted by molar-refractivity contribution is 0.383. The van der Waals surface area contributed by atoms with Crippen LogP contribution >= 0.6 is 15.9 Å². The van der Waals surface area contributed by atoms with Gasteiger partial charge >= 0.3 is 0 Å². The summed E-state index contributed by atoms with van der Waals surface area (Å²) in [5, 5.41) is 0. The first kappa shape index (κ1) is 13.3. The fraction of sp³-hybridized carbons (Fsp3) is 0.500. The van der Waals surface area contributed by atoms with E-state index in [1.54, 1.807) is 14.2 Å². The van der Waals surface area contributed by atoms with Gasteiger partial charge in [0.15, 0.2) is 0 Å². The van der Waals surface area contributed by atoms with Crippen molar-refractivity contribution >= 4 is 15.9 Å². The van der Waals surface area contributed by atoms with Crippen molar-refractivity contribution in [3.8, 4) is 11.5 Å². The number of methoxy groups -OCH3 is 2. The molecule has 90 valence electrons. The van der Waals surface area contributed by atoms with Crippen LogP contribution in [0.15, 0.2) is 16.6 Å². The first-order valence-electron chi connectivity index (χ1n) is 5.24. The van der Waals surface area contributed by atoms with Gasteiger partial charge in [0.1, 0.15) is 11.5 Å². The van der Waals surface area contributed by atoms with E-state index in [-0.39, 0.29) is 6.04 Å². The minimum atomic E-state index is 0.179. The highest BCUT2D eigenvalue weighted by Crippen LogP contribution is 2.33. The molecule has 0 aliphatic carbocycles. The predicted molar refractivity (Wildman–Crippen MR) is 69.2 cm³/mol. The van der Waals surface area contributed by atoms with Crippen LogP contribution in [0.25, 0.3) is 0 Å². The van der Waals surface area contributed by atoms with E-state index in [0.29, 0.717) is 0 Å². The summed E-state index contributed by atoms with van der Waals surface area (Å²) in [4.78, 5) is 0. The molecule has 2 N–H and O–H groups in total. The van der Waals surface area contributed by atoms with Crippen LogP contribution in [-0.2, 0) is 6.42 Å². The third-order valence-electron chi connectivity index (χ3n) is 2.42. The quantitative estimate of drug-likeness (QED) is 0.906. The molecule has 0 aliphatic rings. The molecule has 4 heteroatoms. The molecule has 1 atom stereocenters. The van der Waals surface area contributed by atoms with Gasteiger partial charge in [0.25, 0.3) is 0 Å². The molecule has 3 nitrogen and oxygen atoms in total. The molecule has 0 saturated carbocycles. The molecule has 0 bridgehead atoms. The summed E-state index contributed by atoms with van der Waals surface area (Å²) in [6.07, 6.45) is 1.77. The molecule has 0 spiro atoms. The van der Waals surface area contributed by atoms with Gasteiger partial charge in [-0.3, -0.25) is 0 Å². The average Bonchev–Trinajstić information content (AvgIpc) is 2.25. The zero-order valence-electron chi connectivity index (χ0n) is 9.92. The minimum Gasteiger partial charge on any atom is -0.496 e. The zero-order chi connectivity index (χ0) is 12.1. The highest BCUT2D eigenvalue weighted by Gasteiger charge is 2.12. The number of hydrogen-bond donors (Lipinski definition) is 1. The SMILES string of the molecule is COc1cc(Br)cc(OC)c1CC[C@H](C)N. The third kappa shape index (κ3) is 3.39. The molecule has 1 rings (SSSR count). The summed E-state index contributed by atoms with van der Waals surface area (Å²) in [5.41, 5.74) is 6.84. The number of ether oxygens (including phenoxy) is 2. The van der Waals surface area contributed by atoms with Crippen molar-refractivity contribution in [1.82, 2.24) is 0 Å². The van der Waals surface area contributed by atoms with E-state index in [4.69, 9.17) is 15.2 Å². The fourth-order valence-electron chi connectivity index (χ4n) is 1.57. The Labute approximate surface area is 105 Å². The van der Waals surface area contributed by atoms with Gasteiger partial charge in [-0.05, 0) is 31.9 Å². The molecule has 0 aliphatic heterocycles. The van der Waals surface area contributed by atoms with Crippen molar-refractivity contribution in [2.45, 2.75) is 25.8 Å². The molecular formula is C12H18BrNO2. The molecule has 0 amide bonds. The maximum Gasteiger partial charge on any atom is 0.126 e. The summed E-state index contributed by atoms with van der Waals surface area (Å²) in [6.45, 7) is 2.00. The first-order valence-corrected chi connectivity index (χ1v) is 6.03. The lowest BCUT2D eigenvalue weighted by atomic mass is 10.0. The van der Waals surface area contributed by atoms with E-state index >= 15 is 0 Å². The monoisotopic (exact) mass is 287 g/mol. The van der Waals surface area contributed by atoms with Crippen LogP contribution in [0, 0.1) is 0 Å². The molecule has 1 aromatic rings. The Balaban J connectivity index is 3.02. The first-order chi connectivity index (χ1) is 7.58. The molecule has 0 saturated heterocycles. The van der Waals surface area contributed by atoms with Gasteiger partial charge in [-0.15, -0.1) is 0 Å². The van der Waals surface area contributed by atoms with Crippen LogP contribution in [0.2, 0.25) is 0 Å². The number of rotatable bonds is 5. The van der Waals surface area contributed by atoms with Crippen LogP contribution in [0.4, 0.5) is 0 Å². The molecule has 0 unspecified atom stereocenters. The van der Waals surface area contributed by atoms with E-state index in [0.717, 1.165) is 34.4 Å². The van der Waals surface area contributed by atoms with Gasteiger partial charge < -0.3 is 15.2 Å². The van der Waals surface area contributed by atoms with Gasteiger partial charge in [0, 0.05) is 16.1 Å². The van der Waals surface area contributed by atoms with Crippen LogP contribution in [0.1, 0.15) is 18.9 Å². The van der Waals surface area contributed by atoms with E-state index in [1.165, 1.54) is 0 Å². The van der Waals surface area contributed by atoms with Crippen LogP contribution < -0.4 is 15.2 Å². The fourth-order valence-corrected chi connectivity index (χ4v) is 1.99. The molecular weight excluding hydrogens is 270 g/mol. The van der Waals surface area contributed by atoms with Crippen molar-refractivity contribution in [3.63, 3.8) is 0 Å². The Hall–Kier alpha value is -0.740. The van der Waals surface area contributed by atoms with Crippen LogP contribution in [0.3, 0.4) is 0 Å². The molecule has 0 radical (unpaired) electrons. The van der Waals surface area contributed by atoms with Gasteiger partial charge in [0.2, 0.25) is 0 Å². The van der Waals surface area contributed by atoms with Gasteiger partial charge in [-0.2, -0.15) is 0 Å². The number of halogens is 1. The third-order valence-corrected chi connectivity index (χ3v) is 2.88.